The van der Waals surface area contributed by atoms with Gasteiger partial charge in [-0.15, -0.1) is 22.7 Å². The first-order chi connectivity index (χ1) is 24.6. The zero-order valence-corrected chi connectivity index (χ0v) is 40.3. The lowest BCUT2D eigenvalue weighted by Crippen LogP contribution is -2.54. The maximum atomic E-state index is 4.01. The molecule has 2 atom stereocenters. The molecule has 0 bridgehead atoms. The van der Waals surface area contributed by atoms with Crippen molar-refractivity contribution in [1.82, 2.24) is 0 Å². The molecule has 0 aliphatic rings. The summed E-state index contributed by atoms with van der Waals surface area (Å²) < 4.78 is 6.20. The van der Waals surface area contributed by atoms with Crippen LogP contribution in [0.2, 0.25) is 33.2 Å². The molecule has 0 N–H and O–H groups in total. The number of benzene rings is 1. The fourth-order valence-corrected chi connectivity index (χ4v) is 30.9. The molecule has 0 aliphatic carbocycles. The van der Waals surface area contributed by atoms with E-state index in [0.29, 0.717) is 45.1 Å². The van der Waals surface area contributed by atoms with Crippen LogP contribution in [0.1, 0.15) is 186 Å². The van der Waals surface area contributed by atoms with E-state index in [9.17, 15) is 0 Å². The highest BCUT2D eigenvalue weighted by Gasteiger charge is 2.47. The van der Waals surface area contributed by atoms with E-state index in [4.69, 9.17) is 0 Å². The first kappa shape index (κ1) is 45.1. The average molecular weight is 775 g/mol. The molecule has 0 radical (unpaired) electrons. The molecule has 0 saturated heterocycles. The predicted molar refractivity (Wildman–Crippen MR) is 248 cm³/mol. The lowest BCUT2D eigenvalue weighted by molar-refractivity contribution is 0.531. The van der Waals surface area contributed by atoms with Gasteiger partial charge in [0.05, 0.1) is 20.5 Å². The van der Waals surface area contributed by atoms with Crippen LogP contribution in [0.4, 0.5) is 0 Å². The van der Waals surface area contributed by atoms with E-state index in [0.717, 1.165) is 12.8 Å². The van der Waals surface area contributed by atoms with Gasteiger partial charge in [0.1, 0.15) is 16.1 Å². The summed E-state index contributed by atoms with van der Waals surface area (Å²) in [6.45, 7) is 39.5. The van der Waals surface area contributed by atoms with Crippen molar-refractivity contribution < 1.29 is 0 Å². The van der Waals surface area contributed by atoms with Crippen LogP contribution in [0.25, 0.3) is 20.2 Å². The van der Waals surface area contributed by atoms with Gasteiger partial charge in [0.25, 0.3) is 0 Å². The summed E-state index contributed by atoms with van der Waals surface area (Å²) >= 11 is 4.25. The second-order valence-electron chi connectivity index (χ2n) is 18.0. The van der Waals surface area contributed by atoms with Gasteiger partial charge < -0.3 is 0 Å². The molecule has 1 aromatic carbocycles. The van der Waals surface area contributed by atoms with Crippen LogP contribution in [0.15, 0.2) is 12.1 Å². The SMILES string of the molecule is CCCCCCC(C#Cc1c2cc([Si](C(C)C)(C(C)C)C(C)C)sc2c(C#CC(CC)CCCC)c2cc([Si](C(C)C)(C(C)C)C(C)C)sc12)CC. The van der Waals surface area contributed by atoms with E-state index in [1.165, 1.54) is 82.7 Å². The molecule has 0 fully saturated rings. The topological polar surface area (TPSA) is 0 Å². The molecule has 0 amide bonds. The predicted octanol–water partition coefficient (Wildman–Crippen LogP) is 15.8. The first-order valence-electron chi connectivity index (χ1n) is 21.7. The van der Waals surface area contributed by atoms with E-state index in [1.54, 1.807) is 9.00 Å². The summed E-state index contributed by atoms with van der Waals surface area (Å²) in [4.78, 5) is 0. The minimum absolute atomic E-state index is 0.450. The van der Waals surface area contributed by atoms with E-state index in [-0.39, 0.29) is 0 Å². The van der Waals surface area contributed by atoms with Crippen LogP contribution in [-0.2, 0) is 0 Å². The van der Waals surface area contributed by atoms with Crippen LogP contribution >= 0.6 is 22.7 Å². The average Bonchev–Trinajstić information content (AvgIpc) is 3.70. The summed E-state index contributed by atoms with van der Waals surface area (Å²) in [7, 11) is -3.77. The normalized spacial score (nSPS) is 14.0. The van der Waals surface area contributed by atoms with Gasteiger partial charge in [-0.05, 0) is 80.1 Å². The monoisotopic (exact) mass is 775 g/mol. The van der Waals surface area contributed by atoms with Crippen molar-refractivity contribution in [1.29, 1.82) is 0 Å². The zero-order valence-electron chi connectivity index (χ0n) is 36.7. The molecule has 290 valence electrons. The Kier molecular flexibility index (Phi) is 17.4. The van der Waals surface area contributed by atoms with Crippen LogP contribution in [0.5, 0.6) is 0 Å². The smallest absolute Gasteiger partial charge is 0.107 e. The Morgan fingerprint density at radius 2 is 0.827 bits per heavy atom. The summed E-state index contributed by atoms with van der Waals surface area (Å²) in [5, 5.41) is 2.81. The molecule has 3 rings (SSSR count). The third-order valence-corrected chi connectivity index (χ3v) is 31.3. The largest absolute Gasteiger partial charge is 0.144 e. The molecule has 52 heavy (non-hydrogen) atoms. The second-order valence-corrected chi connectivity index (χ2v) is 32.6. The Balaban J connectivity index is 2.60. The summed E-state index contributed by atoms with van der Waals surface area (Å²) in [5.41, 5.74) is 6.62. The van der Waals surface area contributed by atoms with Gasteiger partial charge in [0.2, 0.25) is 0 Å². The Labute approximate surface area is 333 Å². The summed E-state index contributed by atoms with van der Waals surface area (Å²) in [6.07, 6.45) is 12.4. The van der Waals surface area contributed by atoms with E-state index in [2.05, 4.69) is 169 Å². The van der Waals surface area contributed by atoms with Crippen molar-refractivity contribution in [2.75, 3.05) is 0 Å². The highest BCUT2D eigenvalue weighted by Crippen LogP contribution is 2.48. The van der Waals surface area contributed by atoms with Gasteiger partial charge in [-0.1, -0.05) is 173 Å². The highest BCUT2D eigenvalue weighted by atomic mass is 32.1. The van der Waals surface area contributed by atoms with E-state index >= 15 is 0 Å². The van der Waals surface area contributed by atoms with E-state index < -0.39 is 16.1 Å². The van der Waals surface area contributed by atoms with Crippen LogP contribution in [-0.4, -0.2) is 16.1 Å². The fourth-order valence-electron chi connectivity index (χ4n) is 10.5. The van der Waals surface area contributed by atoms with Gasteiger partial charge in [0.15, 0.2) is 0 Å². The standard InChI is InChI=1S/C48H78S2Si2/c1-17-21-23-24-26-40(20-4)28-30-42-44-32-46(52(36(11)12,37(13)14)38(15)16)49-47(44)41(29-27-39(19-3)25-22-18-2)43-31-45(50-48(42)43)51(33(5)6,34(7)8)35(9)10/h31-40H,17-26H2,1-16H3. The van der Waals surface area contributed by atoms with Crippen molar-refractivity contribution in [2.45, 2.75) is 208 Å². The zero-order chi connectivity index (χ0) is 39.0. The quantitative estimate of drug-likeness (QED) is 0.0686. The van der Waals surface area contributed by atoms with Crippen LogP contribution in [0.3, 0.4) is 0 Å². The fraction of sp³-hybridized carbons (Fsp3) is 0.708. The molecule has 2 unspecified atom stereocenters. The number of hydrogen-bond acceptors (Lipinski definition) is 2. The summed E-state index contributed by atoms with van der Waals surface area (Å²) in [6, 6.07) is 5.35. The Morgan fingerprint density at radius 1 is 0.481 bits per heavy atom. The molecule has 3 aromatic rings. The van der Waals surface area contributed by atoms with Crippen molar-refractivity contribution in [2.24, 2.45) is 11.8 Å². The second kappa shape index (κ2) is 20.0. The summed E-state index contributed by atoms with van der Waals surface area (Å²) in [5.74, 6) is 16.7. The molecule has 2 heterocycles. The Morgan fingerprint density at radius 3 is 1.13 bits per heavy atom. The number of fused-ring (bicyclic) bond motifs is 2. The van der Waals surface area contributed by atoms with Gasteiger partial charge in [-0.2, -0.15) is 0 Å². The lowest BCUT2D eigenvalue weighted by Gasteiger charge is -2.42. The molecule has 4 heteroatoms. The van der Waals surface area contributed by atoms with Crippen LogP contribution < -0.4 is 9.00 Å². The van der Waals surface area contributed by atoms with Gasteiger partial charge in [-0.3, -0.25) is 0 Å². The van der Waals surface area contributed by atoms with Crippen molar-refractivity contribution >= 4 is 68.0 Å². The maximum Gasteiger partial charge on any atom is 0.107 e. The van der Waals surface area contributed by atoms with Gasteiger partial charge >= 0.3 is 0 Å². The minimum Gasteiger partial charge on any atom is -0.144 e. The number of hydrogen-bond donors (Lipinski definition) is 0. The van der Waals surface area contributed by atoms with Crippen LogP contribution in [0, 0.1) is 35.5 Å². The molecule has 0 saturated carbocycles. The van der Waals surface area contributed by atoms with Crippen molar-refractivity contribution in [3.05, 3.63) is 23.3 Å². The molecular weight excluding hydrogens is 697 g/mol. The molecular formula is C48H78S2Si2. The lowest BCUT2D eigenvalue weighted by atomic mass is 9.96. The third-order valence-electron chi connectivity index (χ3n) is 13.1. The minimum atomic E-state index is -1.89. The highest BCUT2D eigenvalue weighted by molar-refractivity contribution is 7.34. The first-order valence-corrected chi connectivity index (χ1v) is 27.8. The molecule has 0 nitrogen and oxygen atoms in total. The van der Waals surface area contributed by atoms with Gasteiger partial charge in [0, 0.05) is 22.6 Å². The Bertz CT molecular complexity index is 1560. The third kappa shape index (κ3) is 9.04. The number of thiophene rings is 2. The van der Waals surface area contributed by atoms with Crippen molar-refractivity contribution in [3.63, 3.8) is 0 Å². The van der Waals surface area contributed by atoms with Crippen molar-refractivity contribution in [3.8, 4) is 23.7 Å². The molecule has 0 aliphatic heterocycles. The van der Waals surface area contributed by atoms with E-state index in [1.807, 2.05) is 0 Å². The maximum absolute atomic E-state index is 4.01. The number of rotatable bonds is 18. The Hall–Kier alpha value is -1.31. The number of unbranched alkanes of at least 4 members (excludes halogenated alkanes) is 4. The van der Waals surface area contributed by atoms with Gasteiger partial charge in [-0.25, -0.2) is 0 Å². The molecule has 0 spiro atoms. The molecule has 2 aromatic heterocycles.